The SMILES string of the molecule is C=CCc1cc(Br)cc(CC=C)c1O. The zero-order valence-corrected chi connectivity index (χ0v) is 9.55. The number of aromatic hydroxyl groups is 1. The normalized spacial score (nSPS) is 9.79. The van der Waals surface area contributed by atoms with Crippen LogP contribution in [0.2, 0.25) is 0 Å². The predicted molar refractivity (Wildman–Crippen MR) is 63.6 cm³/mol. The Hall–Kier alpha value is -1.02. The van der Waals surface area contributed by atoms with Gasteiger partial charge in [-0.15, -0.1) is 13.2 Å². The van der Waals surface area contributed by atoms with Gasteiger partial charge in [0.2, 0.25) is 0 Å². The van der Waals surface area contributed by atoms with Crippen LogP contribution in [0.4, 0.5) is 0 Å². The molecule has 0 spiro atoms. The predicted octanol–water partition coefficient (Wildman–Crippen LogP) is 3.61. The minimum Gasteiger partial charge on any atom is -0.507 e. The van der Waals surface area contributed by atoms with Crippen LogP contribution in [0.1, 0.15) is 11.1 Å². The average molecular weight is 253 g/mol. The first-order valence-electron chi connectivity index (χ1n) is 4.41. The molecule has 0 aliphatic heterocycles. The smallest absolute Gasteiger partial charge is 0.122 e. The van der Waals surface area contributed by atoms with Crippen LogP contribution in [-0.2, 0) is 12.8 Å². The average Bonchev–Trinajstić information content (AvgIpc) is 2.14. The molecule has 0 heterocycles. The highest BCUT2D eigenvalue weighted by Crippen LogP contribution is 2.28. The van der Waals surface area contributed by atoms with Crippen LogP contribution >= 0.6 is 15.9 Å². The van der Waals surface area contributed by atoms with Crippen LogP contribution in [0, 0.1) is 0 Å². The lowest BCUT2D eigenvalue weighted by Crippen LogP contribution is -1.89. The van der Waals surface area contributed by atoms with Gasteiger partial charge >= 0.3 is 0 Å². The summed E-state index contributed by atoms with van der Waals surface area (Å²) in [5.41, 5.74) is 1.79. The third-order valence-electron chi connectivity index (χ3n) is 1.96. The van der Waals surface area contributed by atoms with Gasteiger partial charge in [0, 0.05) is 4.47 Å². The molecule has 0 bridgehead atoms. The van der Waals surface area contributed by atoms with Crippen molar-refractivity contribution in [2.75, 3.05) is 0 Å². The van der Waals surface area contributed by atoms with E-state index in [2.05, 4.69) is 29.1 Å². The van der Waals surface area contributed by atoms with Crippen LogP contribution in [-0.4, -0.2) is 5.11 Å². The van der Waals surface area contributed by atoms with Gasteiger partial charge in [-0.1, -0.05) is 28.1 Å². The Kier molecular flexibility index (Phi) is 3.96. The number of phenolic OH excluding ortho intramolecular Hbond substituents is 1. The van der Waals surface area contributed by atoms with Gasteiger partial charge in [0.1, 0.15) is 5.75 Å². The van der Waals surface area contributed by atoms with Crippen molar-refractivity contribution in [1.82, 2.24) is 0 Å². The summed E-state index contributed by atoms with van der Waals surface area (Å²) in [6.45, 7) is 7.31. The molecular formula is C12H13BrO. The number of benzene rings is 1. The standard InChI is InChI=1S/C12H13BrO/c1-3-5-9-7-11(13)8-10(6-4-2)12(9)14/h3-4,7-8,14H,1-2,5-6H2. The Morgan fingerprint density at radius 3 is 1.93 bits per heavy atom. The third-order valence-corrected chi connectivity index (χ3v) is 2.42. The maximum atomic E-state index is 9.86. The largest absolute Gasteiger partial charge is 0.507 e. The van der Waals surface area contributed by atoms with Crippen molar-refractivity contribution < 1.29 is 5.11 Å². The highest BCUT2D eigenvalue weighted by atomic mass is 79.9. The number of allylic oxidation sites excluding steroid dienone is 2. The molecule has 0 aromatic heterocycles. The molecule has 0 atom stereocenters. The first-order valence-corrected chi connectivity index (χ1v) is 5.20. The lowest BCUT2D eigenvalue weighted by atomic mass is 10.0. The van der Waals surface area contributed by atoms with Gasteiger partial charge in [-0.3, -0.25) is 0 Å². The van der Waals surface area contributed by atoms with E-state index >= 15 is 0 Å². The Balaban J connectivity index is 3.16. The molecule has 0 aliphatic carbocycles. The van der Waals surface area contributed by atoms with Crippen molar-refractivity contribution in [3.8, 4) is 5.75 Å². The molecule has 1 N–H and O–H groups in total. The Labute approximate surface area is 92.9 Å². The van der Waals surface area contributed by atoms with E-state index in [1.165, 1.54) is 0 Å². The highest BCUT2D eigenvalue weighted by Gasteiger charge is 2.06. The number of phenols is 1. The maximum Gasteiger partial charge on any atom is 0.122 e. The van der Waals surface area contributed by atoms with Gasteiger partial charge in [0.05, 0.1) is 0 Å². The molecule has 1 aromatic rings. The molecular weight excluding hydrogens is 240 g/mol. The summed E-state index contributed by atoms with van der Waals surface area (Å²) in [7, 11) is 0. The molecule has 0 fully saturated rings. The molecule has 0 radical (unpaired) electrons. The van der Waals surface area contributed by atoms with Gasteiger partial charge in [-0.2, -0.15) is 0 Å². The lowest BCUT2D eigenvalue weighted by Gasteiger charge is -2.08. The zero-order valence-electron chi connectivity index (χ0n) is 7.96. The first kappa shape index (κ1) is 11.1. The Morgan fingerprint density at radius 1 is 1.14 bits per heavy atom. The van der Waals surface area contributed by atoms with Crippen molar-refractivity contribution in [3.05, 3.63) is 53.0 Å². The molecule has 1 rings (SSSR count). The van der Waals surface area contributed by atoms with Gasteiger partial charge < -0.3 is 5.11 Å². The second kappa shape index (κ2) is 5.01. The molecule has 74 valence electrons. The Bertz CT molecular complexity index is 324. The Morgan fingerprint density at radius 2 is 1.57 bits per heavy atom. The second-order valence-electron chi connectivity index (χ2n) is 3.06. The molecule has 1 aromatic carbocycles. The van der Waals surface area contributed by atoms with E-state index in [0.29, 0.717) is 18.6 Å². The summed E-state index contributed by atoms with van der Waals surface area (Å²) in [5, 5.41) is 9.86. The van der Waals surface area contributed by atoms with Crippen LogP contribution < -0.4 is 0 Å². The van der Waals surface area contributed by atoms with E-state index in [9.17, 15) is 5.11 Å². The fourth-order valence-electron chi connectivity index (χ4n) is 1.34. The van der Waals surface area contributed by atoms with Crippen molar-refractivity contribution in [2.24, 2.45) is 0 Å². The van der Waals surface area contributed by atoms with E-state index in [4.69, 9.17) is 0 Å². The summed E-state index contributed by atoms with van der Waals surface area (Å²) < 4.78 is 0.976. The van der Waals surface area contributed by atoms with E-state index in [1.807, 2.05) is 12.1 Å². The zero-order chi connectivity index (χ0) is 10.6. The minimum absolute atomic E-state index is 0.355. The van der Waals surface area contributed by atoms with E-state index < -0.39 is 0 Å². The molecule has 2 heteroatoms. The summed E-state index contributed by atoms with van der Waals surface area (Å²) in [6, 6.07) is 3.81. The fraction of sp³-hybridized carbons (Fsp3) is 0.167. The van der Waals surface area contributed by atoms with Crippen molar-refractivity contribution in [2.45, 2.75) is 12.8 Å². The topological polar surface area (TPSA) is 20.2 Å². The molecule has 0 saturated heterocycles. The highest BCUT2D eigenvalue weighted by molar-refractivity contribution is 9.10. The maximum absolute atomic E-state index is 9.86. The molecule has 0 aliphatic rings. The molecule has 0 amide bonds. The molecule has 1 nitrogen and oxygen atoms in total. The summed E-state index contributed by atoms with van der Waals surface area (Å²) in [5.74, 6) is 0.355. The van der Waals surface area contributed by atoms with E-state index in [0.717, 1.165) is 15.6 Å². The summed E-state index contributed by atoms with van der Waals surface area (Å²) in [4.78, 5) is 0. The second-order valence-corrected chi connectivity index (χ2v) is 3.97. The third kappa shape index (κ3) is 2.48. The van der Waals surface area contributed by atoms with Crippen LogP contribution in [0.15, 0.2) is 41.9 Å². The minimum atomic E-state index is 0.355. The number of hydrogen-bond donors (Lipinski definition) is 1. The van der Waals surface area contributed by atoms with E-state index in [1.54, 1.807) is 12.2 Å². The van der Waals surface area contributed by atoms with Crippen molar-refractivity contribution in [1.29, 1.82) is 0 Å². The van der Waals surface area contributed by atoms with Crippen LogP contribution in [0.5, 0.6) is 5.75 Å². The monoisotopic (exact) mass is 252 g/mol. The van der Waals surface area contributed by atoms with Gasteiger partial charge in [0.15, 0.2) is 0 Å². The van der Waals surface area contributed by atoms with E-state index in [-0.39, 0.29) is 0 Å². The van der Waals surface area contributed by atoms with Gasteiger partial charge in [-0.05, 0) is 36.1 Å². The van der Waals surface area contributed by atoms with Crippen LogP contribution in [0.3, 0.4) is 0 Å². The molecule has 0 unspecified atom stereocenters. The van der Waals surface area contributed by atoms with Gasteiger partial charge in [0.25, 0.3) is 0 Å². The molecule has 0 saturated carbocycles. The summed E-state index contributed by atoms with van der Waals surface area (Å²) >= 11 is 3.41. The molecule has 14 heavy (non-hydrogen) atoms. The van der Waals surface area contributed by atoms with Crippen molar-refractivity contribution >= 4 is 15.9 Å². The van der Waals surface area contributed by atoms with Gasteiger partial charge in [-0.25, -0.2) is 0 Å². The number of hydrogen-bond acceptors (Lipinski definition) is 1. The van der Waals surface area contributed by atoms with Crippen LogP contribution in [0.25, 0.3) is 0 Å². The quantitative estimate of drug-likeness (QED) is 0.812. The van der Waals surface area contributed by atoms with Crippen molar-refractivity contribution in [3.63, 3.8) is 0 Å². The fourth-order valence-corrected chi connectivity index (χ4v) is 1.89. The number of rotatable bonds is 4. The lowest BCUT2D eigenvalue weighted by molar-refractivity contribution is 0.464. The first-order chi connectivity index (χ1) is 6.69. The summed E-state index contributed by atoms with van der Waals surface area (Å²) in [6.07, 6.45) is 4.91. The number of halogens is 1.